The zero-order chi connectivity index (χ0) is 35.3. The second-order valence-electron chi connectivity index (χ2n) is 14.6. The Labute approximate surface area is 317 Å². The summed E-state index contributed by atoms with van der Waals surface area (Å²) in [7, 11) is 0. The van der Waals surface area contributed by atoms with Gasteiger partial charge < -0.3 is 9.30 Å². The number of ether oxygens (including phenoxy) is 1. The van der Waals surface area contributed by atoms with Crippen LogP contribution in [0, 0.1) is 51.8 Å². The molecule has 264 valence electrons. The Bertz CT molecular complexity index is 2340. The molecule has 0 aliphatic rings. The first kappa shape index (κ1) is 36.4. The molecule has 7 aromatic rings. The van der Waals surface area contributed by atoms with Crippen LogP contribution in [-0.2, 0) is 21.1 Å². The minimum Gasteiger partial charge on any atom is -0.509 e. The second kappa shape index (κ2) is 14.7. The van der Waals surface area contributed by atoms with Gasteiger partial charge in [-0.15, -0.1) is 47.3 Å². The van der Waals surface area contributed by atoms with Crippen LogP contribution in [0.15, 0.2) is 84.9 Å². The van der Waals surface area contributed by atoms with Crippen molar-refractivity contribution in [3.05, 3.63) is 137 Å². The molecule has 5 heteroatoms. The van der Waals surface area contributed by atoms with Crippen LogP contribution in [0.2, 0.25) is 0 Å². The molecule has 0 saturated carbocycles. The molecule has 0 bridgehead atoms. The molecule has 1 unspecified atom stereocenters. The van der Waals surface area contributed by atoms with Crippen molar-refractivity contribution in [2.24, 2.45) is 5.92 Å². The van der Waals surface area contributed by atoms with E-state index in [0.29, 0.717) is 23.3 Å². The smallest absolute Gasteiger partial charge is 0.0678 e. The van der Waals surface area contributed by atoms with Crippen molar-refractivity contribution < 1.29 is 25.8 Å². The van der Waals surface area contributed by atoms with E-state index in [1.54, 1.807) is 0 Å². The quantitative estimate of drug-likeness (QED) is 0.136. The number of aryl methyl sites for hydroxylation is 3. The van der Waals surface area contributed by atoms with Gasteiger partial charge in [0.15, 0.2) is 0 Å². The third-order valence-electron chi connectivity index (χ3n) is 9.99. The predicted molar refractivity (Wildman–Crippen MR) is 207 cm³/mol. The molecule has 0 N–H and O–H groups in total. The largest absolute Gasteiger partial charge is 0.509 e. The van der Waals surface area contributed by atoms with Crippen LogP contribution in [0.5, 0.6) is 11.5 Å². The maximum Gasteiger partial charge on any atom is 0.0678 e. The van der Waals surface area contributed by atoms with E-state index in [4.69, 9.17) is 9.84 Å². The van der Waals surface area contributed by atoms with Gasteiger partial charge in [-0.1, -0.05) is 82.2 Å². The topological polar surface area (TPSA) is 32.0 Å². The van der Waals surface area contributed by atoms with Crippen LogP contribution in [0.25, 0.3) is 44.3 Å². The summed E-state index contributed by atoms with van der Waals surface area (Å²) >= 11 is 0. The van der Waals surface area contributed by atoms with Gasteiger partial charge in [-0.2, -0.15) is 34.9 Å². The van der Waals surface area contributed by atoms with E-state index < -0.39 is 0 Å². The minimum absolute atomic E-state index is 0. The molecule has 4 nitrogen and oxygen atoms in total. The summed E-state index contributed by atoms with van der Waals surface area (Å²) in [6, 6.07) is 40.7. The predicted octanol–water partition coefficient (Wildman–Crippen LogP) is 12.3. The van der Waals surface area contributed by atoms with E-state index in [1.165, 1.54) is 33.2 Å². The summed E-state index contributed by atoms with van der Waals surface area (Å²) in [5.74, 6) is 2.65. The van der Waals surface area contributed by atoms with Crippen molar-refractivity contribution in [1.29, 1.82) is 0 Å². The van der Waals surface area contributed by atoms with Crippen LogP contribution in [0.4, 0.5) is 0 Å². The number of para-hydroxylation sites is 1. The first-order valence-electron chi connectivity index (χ1n) is 17.9. The summed E-state index contributed by atoms with van der Waals surface area (Å²) < 4.78 is 10.9. The number of hydrogen-bond donors (Lipinski definition) is 0. The van der Waals surface area contributed by atoms with Gasteiger partial charge >= 0.3 is 0 Å². The third-order valence-corrected chi connectivity index (χ3v) is 9.99. The number of fused-ring (bicyclic) bond motifs is 3. The van der Waals surface area contributed by atoms with Gasteiger partial charge in [0.25, 0.3) is 0 Å². The van der Waals surface area contributed by atoms with Crippen molar-refractivity contribution in [3.63, 3.8) is 0 Å². The van der Waals surface area contributed by atoms with Crippen molar-refractivity contribution in [2.75, 3.05) is 0 Å². The van der Waals surface area contributed by atoms with Gasteiger partial charge in [-0.3, -0.25) is 4.68 Å². The molecule has 0 aliphatic heterocycles. The molecule has 1 atom stereocenters. The molecule has 0 spiro atoms. The van der Waals surface area contributed by atoms with E-state index in [-0.39, 0.29) is 27.0 Å². The molecule has 0 radical (unpaired) electrons. The van der Waals surface area contributed by atoms with Crippen LogP contribution in [0.1, 0.15) is 86.5 Å². The molecule has 5 aromatic carbocycles. The molecule has 2 heterocycles. The van der Waals surface area contributed by atoms with Crippen molar-refractivity contribution in [2.45, 2.75) is 80.6 Å². The summed E-state index contributed by atoms with van der Waals surface area (Å²) in [5, 5.41) is 7.36. The SMILES string of the molecule is Cc1cccc(C)c1-c1c(C)nn(-c2[c-]c(Oc3[c-]c4c(cc3)c3ccccc3n4-c3[c-]ccc(C(C)CC(C)C)c3)cc(C(C)C)c2)c1C.[Pt]. The Morgan fingerprint density at radius 3 is 2.16 bits per heavy atom. The van der Waals surface area contributed by atoms with Gasteiger partial charge in [0.05, 0.1) is 5.69 Å². The Hall–Kier alpha value is -4.40. The number of rotatable bonds is 9. The second-order valence-corrected chi connectivity index (χ2v) is 14.6. The summed E-state index contributed by atoms with van der Waals surface area (Å²) in [4.78, 5) is 0. The maximum atomic E-state index is 6.66. The molecular formula is C46H46N3OPt-3. The Morgan fingerprint density at radius 2 is 1.43 bits per heavy atom. The average molecular weight is 852 g/mol. The Balaban J connectivity index is 0.00000448. The van der Waals surface area contributed by atoms with Crippen molar-refractivity contribution in [1.82, 2.24) is 14.3 Å². The number of aromatic nitrogens is 3. The number of benzene rings is 5. The van der Waals surface area contributed by atoms with Gasteiger partial charge in [0.1, 0.15) is 0 Å². The van der Waals surface area contributed by atoms with Crippen LogP contribution >= 0.6 is 0 Å². The fraction of sp³-hybridized carbons (Fsp3) is 0.283. The van der Waals surface area contributed by atoms with Crippen LogP contribution in [0.3, 0.4) is 0 Å². The molecule has 0 saturated heterocycles. The molecule has 2 aromatic heterocycles. The fourth-order valence-corrected chi connectivity index (χ4v) is 7.55. The fourth-order valence-electron chi connectivity index (χ4n) is 7.55. The Kier molecular flexibility index (Phi) is 10.5. The van der Waals surface area contributed by atoms with E-state index in [9.17, 15) is 0 Å². The molecule has 51 heavy (non-hydrogen) atoms. The zero-order valence-electron chi connectivity index (χ0n) is 31.1. The van der Waals surface area contributed by atoms with Crippen molar-refractivity contribution >= 4 is 21.8 Å². The minimum atomic E-state index is 0. The summed E-state index contributed by atoms with van der Waals surface area (Å²) in [6.07, 6.45) is 1.14. The third kappa shape index (κ3) is 6.96. The first-order valence-corrected chi connectivity index (χ1v) is 17.9. The first-order chi connectivity index (χ1) is 24.0. The molecule has 0 fully saturated rings. The molecule has 0 aliphatic carbocycles. The molecular weight excluding hydrogens is 806 g/mol. The van der Waals surface area contributed by atoms with Gasteiger partial charge in [-0.05, 0) is 85.7 Å². The normalized spacial score (nSPS) is 12.2. The Morgan fingerprint density at radius 1 is 0.706 bits per heavy atom. The van der Waals surface area contributed by atoms with Gasteiger partial charge in [0, 0.05) is 49.3 Å². The average Bonchev–Trinajstić information content (AvgIpc) is 3.57. The number of hydrogen-bond acceptors (Lipinski definition) is 2. The summed E-state index contributed by atoms with van der Waals surface area (Å²) in [5.41, 5.74) is 13.5. The van der Waals surface area contributed by atoms with Gasteiger partial charge in [0.2, 0.25) is 0 Å². The van der Waals surface area contributed by atoms with E-state index in [2.05, 4.69) is 164 Å². The van der Waals surface area contributed by atoms with Crippen LogP contribution < -0.4 is 4.74 Å². The van der Waals surface area contributed by atoms with Crippen molar-refractivity contribution in [3.8, 4) is 34.0 Å². The maximum absolute atomic E-state index is 6.66. The molecule has 7 rings (SSSR count). The standard InChI is InChI=1S/C46H46N3O.Pt/c1-28(2)22-32(7)35-16-13-17-37(23-35)48-43-19-11-10-18-41(43)42-21-20-39(27-44(42)48)50-40-25-36(29(3)4)24-38(26-40)49-34(9)46(33(8)47-49)45-30(5)14-12-15-31(45)6;/h10-16,18-21,23-25,28-29,32H,22H2,1-9H3;/q-3;. The number of nitrogens with zero attached hydrogens (tertiary/aromatic N) is 3. The van der Waals surface area contributed by atoms with Gasteiger partial charge in [-0.25, -0.2) is 0 Å². The zero-order valence-corrected chi connectivity index (χ0v) is 33.4. The van der Waals surface area contributed by atoms with E-state index in [0.717, 1.165) is 51.2 Å². The van der Waals surface area contributed by atoms with Crippen LogP contribution in [-0.4, -0.2) is 14.3 Å². The van der Waals surface area contributed by atoms with E-state index in [1.807, 2.05) is 10.7 Å². The van der Waals surface area contributed by atoms with E-state index >= 15 is 0 Å². The molecule has 0 amide bonds. The monoisotopic (exact) mass is 851 g/mol. The summed E-state index contributed by atoms with van der Waals surface area (Å²) in [6.45, 7) is 19.9.